The van der Waals surface area contributed by atoms with Gasteiger partial charge in [0.05, 0.1) is 36.1 Å². The monoisotopic (exact) mass is 367 g/mol. The molecule has 144 valence electrons. The summed E-state index contributed by atoms with van der Waals surface area (Å²) >= 11 is 0. The van der Waals surface area contributed by atoms with Gasteiger partial charge in [0.1, 0.15) is 6.04 Å². The number of hydrogen-bond acceptors (Lipinski definition) is 5. The van der Waals surface area contributed by atoms with E-state index < -0.39 is 22.8 Å². The van der Waals surface area contributed by atoms with Crippen molar-refractivity contribution >= 4 is 23.3 Å². The van der Waals surface area contributed by atoms with Gasteiger partial charge in [-0.3, -0.25) is 14.9 Å². The lowest BCUT2D eigenvalue weighted by molar-refractivity contribution is -0.682. The van der Waals surface area contributed by atoms with E-state index in [0.717, 1.165) is 32.2 Å². The summed E-state index contributed by atoms with van der Waals surface area (Å²) in [7, 11) is 0. The first-order valence-corrected chi connectivity index (χ1v) is 8.73. The van der Waals surface area contributed by atoms with Crippen LogP contribution in [0, 0.1) is 17.0 Å². The number of non-ortho nitro benzene ring substituents is 1. The number of unbranched alkanes of at least 4 members (excludes halogenated alkanes) is 3. The molecule has 0 saturated carbocycles. The summed E-state index contributed by atoms with van der Waals surface area (Å²) in [5.74, 6) is -1.82. The van der Waals surface area contributed by atoms with Crippen molar-refractivity contribution in [2.75, 3.05) is 18.4 Å². The van der Waals surface area contributed by atoms with Crippen LogP contribution in [0.1, 0.15) is 37.7 Å². The second kappa shape index (κ2) is 11.2. The number of nitrogens with one attached hydrogen (secondary N) is 1. The Morgan fingerprint density at radius 1 is 1.27 bits per heavy atom. The van der Waals surface area contributed by atoms with Crippen LogP contribution >= 0.6 is 0 Å². The van der Waals surface area contributed by atoms with Crippen LogP contribution in [-0.4, -0.2) is 35.9 Å². The molecule has 0 aliphatic rings. The van der Waals surface area contributed by atoms with Crippen molar-refractivity contribution in [3.05, 3.63) is 33.9 Å². The zero-order valence-electron chi connectivity index (χ0n) is 15.0. The molecule has 0 aliphatic carbocycles. The van der Waals surface area contributed by atoms with Gasteiger partial charge in [0.2, 0.25) is 5.91 Å². The van der Waals surface area contributed by atoms with E-state index in [1.165, 1.54) is 18.2 Å². The Balaban J connectivity index is 2.56. The number of nitro benzene ring substituents is 1. The zero-order chi connectivity index (χ0) is 19.5. The second-order valence-corrected chi connectivity index (χ2v) is 6.23. The lowest BCUT2D eigenvalue weighted by Gasteiger charge is -2.17. The van der Waals surface area contributed by atoms with Gasteiger partial charge >= 0.3 is 0 Å². The number of anilines is 1. The number of carbonyl (C=O) groups is 2. The average molecular weight is 367 g/mol. The third kappa shape index (κ3) is 7.58. The summed E-state index contributed by atoms with van der Waals surface area (Å²) < 4.78 is 0. The van der Waals surface area contributed by atoms with Crippen molar-refractivity contribution in [1.29, 1.82) is 0 Å². The third-order valence-corrected chi connectivity index (χ3v) is 4.07. The predicted octanol–water partition coefficient (Wildman–Crippen LogP) is -1.28. The largest absolute Gasteiger partial charge is 0.544 e. The van der Waals surface area contributed by atoms with Gasteiger partial charge in [-0.15, -0.1) is 0 Å². The van der Waals surface area contributed by atoms with E-state index in [9.17, 15) is 24.8 Å². The summed E-state index contributed by atoms with van der Waals surface area (Å²) in [5, 5.41) is 26.2. The molecule has 0 aromatic heterocycles. The molecule has 0 spiro atoms. The fourth-order valence-corrected chi connectivity index (χ4v) is 2.52. The van der Waals surface area contributed by atoms with Gasteiger partial charge in [-0.25, -0.2) is 0 Å². The summed E-state index contributed by atoms with van der Waals surface area (Å²) in [5.41, 5.74) is 4.58. The summed E-state index contributed by atoms with van der Waals surface area (Å²) in [6, 6.07) is 3.15. The lowest BCUT2D eigenvalue weighted by atomic mass is 10.1. The molecule has 1 atom stereocenters. The number of amides is 1. The molecule has 0 unspecified atom stereocenters. The Morgan fingerprint density at radius 3 is 2.58 bits per heavy atom. The van der Waals surface area contributed by atoms with E-state index in [4.69, 9.17) is 0 Å². The third-order valence-electron chi connectivity index (χ3n) is 4.07. The molecule has 1 rings (SSSR count). The highest BCUT2D eigenvalue weighted by molar-refractivity contribution is 5.94. The van der Waals surface area contributed by atoms with E-state index >= 15 is 0 Å². The molecule has 26 heavy (non-hydrogen) atoms. The Morgan fingerprint density at radius 2 is 1.96 bits per heavy atom. The number of nitro groups is 1. The highest BCUT2D eigenvalue weighted by Gasteiger charge is 2.19. The maximum Gasteiger partial charge on any atom is 0.271 e. The number of nitrogens with two attached hydrogens (primary N) is 1. The van der Waals surface area contributed by atoms with Crippen molar-refractivity contribution in [1.82, 2.24) is 0 Å². The topological polar surface area (TPSA) is 157 Å². The minimum absolute atomic E-state index is 0.142. The molecule has 1 aromatic carbocycles. The van der Waals surface area contributed by atoms with Gasteiger partial charge < -0.3 is 26.3 Å². The standard InChI is InChI=1S/C17H26N4O5/c1-12-6-7-13(21(25)26)10-14(12)20-16(22)11-15(17(23)24)19-9-5-3-2-4-8-18/h6-7,10,15,19H,2-5,8-9,11,18H2,1H3,(H,20,22)(H,23,24)/p+1/t15-/m1/s1. The Hall–Kier alpha value is -2.52. The van der Waals surface area contributed by atoms with Gasteiger partial charge in [0.15, 0.2) is 0 Å². The first kappa shape index (κ1) is 21.5. The molecule has 9 heteroatoms. The van der Waals surface area contributed by atoms with Gasteiger partial charge in [0.25, 0.3) is 5.69 Å². The van der Waals surface area contributed by atoms with E-state index in [2.05, 4.69) is 11.1 Å². The number of hydrogen-bond donors (Lipinski definition) is 3. The first-order valence-electron chi connectivity index (χ1n) is 8.73. The molecule has 0 bridgehead atoms. The fraction of sp³-hybridized carbons (Fsp3) is 0.529. The number of carbonyl (C=O) groups excluding carboxylic acids is 2. The van der Waals surface area contributed by atoms with Crippen molar-refractivity contribution < 1.29 is 30.7 Å². The van der Waals surface area contributed by atoms with Crippen LogP contribution in [0.15, 0.2) is 18.2 Å². The Bertz CT molecular complexity index is 636. The second-order valence-electron chi connectivity index (χ2n) is 6.23. The van der Waals surface area contributed by atoms with Gasteiger partial charge in [-0.1, -0.05) is 6.07 Å². The molecule has 0 heterocycles. The van der Waals surface area contributed by atoms with Crippen molar-refractivity contribution in [2.45, 2.75) is 45.1 Å². The number of aryl methyl sites for hydroxylation is 1. The van der Waals surface area contributed by atoms with E-state index in [-0.39, 0.29) is 12.1 Å². The quantitative estimate of drug-likeness (QED) is 0.238. The zero-order valence-corrected chi connectivity index (χ0v) is 15.0. The van der Waals surface area contributed by atoms with Crippen LogP contribution in [0.25, 0.3) is 0 Å². The van der Waals surface area contributed by atoms with Crippen LogP contribution in [-0.2, 0) is 9.59 Å². The molecular formula is C17H27N4O5+. The number of carboxylic acids is 1. The molecule has 6 N–H and O–H groups in total. The number of aliphatic carboxylic acids is 1. The smallest absolute Gasteiger partial charge is 0.271 e. The Kier molecular flexibility index (Phi) is 9.24. The summed E-state index contributed by atoms with van der Waals surface area (Å²) in [4.78, 5) is 33.7. The van der Waals surface area contributed by atoms with Crippen LogP contribution in [0.2, 0.25) is 0 Å². The van der Waals surface area contributed by atoms with Crippen LogP contribution in [0.3, 0.4) is 0 Å². The maximum atomic E-state index is 12.1. The first-order chi connectivity index (χ1) is 12.3. The van der Waals surface area contributed by atoms with E-state index in [1.807, 2.05) is 0 Å². The van der Waals surface area contributed by atoms with Gasteiger partial charge in [-0.2, -0.15) is 0 Å². The lowest BCUT2D eigenvalue weighted by Crippen LogP contribution is -2.93. The molecule has 0 saturated heterocycles. The number of benzene rings is 1. The van der Waals surface area contributed by atoms with Gasteiger partial charge in [-0.05, 0) is 38.2 Å². The van der Waals surface area contributed by atoms with Crippen LogP contribution in [0.4, 0.5) is 11.4 Å². The summed E-state index contributed by atoms with van der Waals surface area (Å²) in [6.07, 6.45) is 3.69. The van der Waals surface area contributed by atoms with Crippen molar-refractivity contribution in [3.8, 4) is 0 Å². The van der Waals surface area contributed by atoms with Crippen molar-refractivity contribution in [3.63, 3.8) is 0 Å². The molecule has 0 aliphatic heterocycles. The molecule has 1 amide bonds. The maximum absolute atomic E-state index is 12.1. The molecule has 0 radical (unpaired) electrons. The Labute approximate surface area is 152 Å². The minimum Gasteiger partial charge on any atom is -0.544 e. The SMILES string of the molecule is Cc1ccc([N+](=O)[O-])cc1NC(=O)C[C@@H]([NH2+]CCCCCC[NH3+])C(=O)[O-]. The fourth-order valence-electron chi connectivity index (χ4n) is 2.52. The van der Waals surface area contributed by atoms with Crippen molar-refractivity contribution in [2.24, 2.45) is 0 Å². The number of nitrogens with zero attached hydrogens (tertiary/aromatic N) is 1. The van der Waals surface area contributed by atoms with Crippen LogP contribution < -0.4 is 21.5 Å². The number of carboxylic acid groups (broad SMARTS) is 1. The number of quaternary nitrogens is 2. The molecular weight excluding hydrogens is 340 g/mol. The molecule has 9 nitrogen and oxygen atoms in total. The predicted molar refractivity (Wildman–Crippen MR) is 92.9 cm³/mol. The molecule has 1 aromatic rings. The average Bonchev–Trinajstić information content (AvgIpc) is 2.58. The number of rotatable bonds is 12. The van der Waals surface area contributed by atoms with E-state index in [0.29, 0.717) is 17.8 Å². The normalized spacial score (nSPS) is 11.8. The van der Waals surface area contributed by atoms with E-state index in [1.54, 1.807) is 12.2 Å². The minimum atomic E-state index is -1.30. The summed E-state index contributed by atoms with van der Waals surface area (Å²) in [6.45, 7) is 3.19. The highest BCUT2D eigenvalue weighted by Crippen LogP contribution is 2.21. The van der Waals surface area contributed by atoms with Gasteiger partial charge in [0, 0.05) is 12.1 Å². The van der Waals surface area contributed by atoms with Crippen LogP contribution in [0.5, 0.6) is 0 Å². The highest BCUT2D eigenvalue weighted by atomic mass is 16.6. The molecule has 0 fully saturated rings.